The molecule has 0 bridgehead atoms. The van der Waals surface area contributed by atoms with Crippen molar-refractivity contribution in [2.45, 2.75) is 6.92 Å². The molecular weight excluding hydrogens is 238 g/mol. The van der Waals surface area contributed by atoms with Crippen molar-refractivity contribution < 1.29 is 9.84 Å². The Hall–Kier alpha value is -2.42. The van der Waals surface area contributed by atoms with E-state index in [1.54, 1.807) is 18.2 Å². The van der Waals surface area contributed by atoms with Crippen molar-refractivity contribution in [3.63, 3.8) is 0 Å². The summed E-state index contributed by atoms with van der Waals surface area (Å²) in [5.74, 6) is 1.54. The minimum Gasteiger partial charge on any atom is -0.508 e. The first-order valence-electron chi connectivity index (χ1n) is 6.11. The van der Waals surface area contributed by atoms with E-state index in [9.17, 15) is 5.11 Å². The highest BCUT2D eigenvalue weighted by atomic mass is 16.5. The van der Waals surface area contributed by atoms with Crippen molar-refractivity contribution in [1.29, 1.82) is 0 Å². The second-order valence-corrected chi connectivity index (χ2v) is 4.17. The van der Waals surface area contributed by atoms with Crippen molar-refractivity contribution in [1.82, 2.24) is 5.32 Å². The number of allylic oxidation sites excluding steroid dienone is 1. The standard InChI is InChI=1S/C16H17NO2/c1-12(17-2)16(13-7-4-3-5-8-13)19-15-10-6-9-14(18)11-15/h3-11,17-18H,1-2H3/b16-12+. The molecule has 0 unspecified atom stereocenters. The molecule has 3 nitrogen and oxygen atoms in total. The van der Waals surface area contributed by atoms with Crippen LogP contribution < -0.4 is 10.1 Å². The molecule has 0 spiro atoms. The molecule has 19 heavy (non-hydrogen) atoms. The molecular formula is C16H17NO2. The number of phenols is 1. The van der Waals surface area contributed by atoms with E-state index in [-0.39, 0.29) is 5.75 Å². The Morgan fingerprint density at radius 2 is 1.79 bits per heavy atom. The second kappa shape index (κ2) is 5.96. The number of rotatable bonds is 4. The Kier molecular flexibility index (Phi) is 4.08. The first kappa shape index (κ1) is 13.0. The van der Waals surface area contributed by atoms with E-state index in [0.29, 0.717) is 5.75 Å². The highest BCUT2D eigenvalue weighted by Gasteiger charge is 2.08. The zero-order valence-corrected chi connectivity index (χ0v) is 11.1. The molecule has 0 saturated carbocycles. The van der Waals surface area contributed by atoms with E-state index in [0.717, 1.165) is 17.0 Å². The van der Waals surface area contributed by atoms with Crippen molar-refractivity contribution in [3.8, 4) is 11.5 Å². The molecule has 0 atom stereocenters. The van der Waals surface area contributed by atoms with Gasteiger partial charge in [-0.25, -0.2) is 0 Å². The molecule has 2 N–H and O–H groups in total. The summed E-state index contributed by atoms with van der Waals surface area (Å²) in [5.41, 5.74) is 1.91. The summed E-state index contributed by atoms with van der Waals surface area (Å²) in [6, 6.07) is 16.6. The van der Waals surface area contributed by atoms with Crippen LogP contribution in [0.15, 0.2) is 60.3 Å². The lowest BCUT2D eigenvalue weighted by molar-refractivity contribution is 0.462. The predicted molar refractivity (Wildman–Crippen MR) is 76.8 cm³/mol. The summed E-state index contributed by atoms with van der Waals surface area (Å²) in [4.78, 5) is 0. The molecule has 2 aromatic rings. The van der Waals surface area contributed by atoms with E-state index in [4.69, 9.17) is 4.74 Å². The van der Waals surface area contributed by atoms with Gasteiger partial charge in [0.05, 0.1) is 5.70 Å². The molecule has 0 aliphatic heterocycles. The topological polar surface area (TPSA) is 41.5 Å². The molecule has 0 fully saturated rings. The first-order valence-corrected chi connectivity index (χ1v) is 6.11. The molecule has 0 amide bonds. The monoisotopic (exact) mass is 255 g/mol. The molecule has 0 heterocycles. The van der Waals surface area contributed by atoms with Gasteiger partial charge in [-0.1, -0.05) is 36.4 Å². The molecule has 0 aliphatic rings. The minimum atomic E-state index is 0.187. The van der Waals surface area contributed by atoms with Crippen molar-refractivity contribution in [2.24, 2.45) is 0 Å². The quantitative estimate of drug-likeness (QED) is 0.823. The zero-order chi connectivity index (χ0) is 13.7. The maximum Gasteiger partial charge on any atom is 0.153 e. The van der Waals surface area contributed by atoms with Gasteiger partial charge in [0.15, 0.2) is 5.76 Å². The number of nitrogens with one attached hydrogen (secondary N) is 1. The first-order chi connectivity index (χ1) is 9.20. The second-order valence-electron chi connectivity index (χ2n) is 4.17. The molecule has 98 valence electrons. The molecule has 0 saturated heterocycles. The average Bonchev–Trinajstić information content (AvgIpc) is 2.45. The molecule has 0 radical (unpaired) electrons. The van der Waals surface area contributed by atoms with Crippen LogP contribution in [0, 0.1) is 0 Å². The normalized spacial score (nSPS) is 11.7. The number of benzene rings is 2. The maximum atomic E-state index is 9.48. The van der Waals surface area contributed by atoms with Crippen LogP contribution in [0.5, 0.6) is 11.5 Å². The summed E-state index contributed by atoms with van der Waals surface area (Å²) in [6.45, 7) is 1.95. The number of hydrogen-bond acceptors (Lipinski definition) is 3. The van der Waals surface area contributed by atoms with Crippen molar-refractivity contribution in [2.75, 3.05) is 7.05 Å². The fourth-order valence-electron chi connectivity index (χ4n) is 1.72. The van der Waals surface area contributed by atoms with E-state index in [1.165, 1.54) is 0 Å². The van der Waals surface area contributed by atoms with Gasteiger partial charge in [0, 0.05) is 18.7 Å². The van der Waals surface area contributed by atoms with Gasteiger partial charge in [-0.2, -0.15) is 0 Å². The van der Waals surface area contributed by atoms with Gasteiger partial charge < -0.3 is 15.2 Å². The number of aromatic hydroxyl groups is 1. The van der Waals surface area contributed by atoms with Gasteiger partial charge in [0.2, 0.25) is 0 Å². The van der Waals surface area contributed by atoms with Crippen LogP contribution in [0.25, 0.3) is 5.76 Å². The lowest BCUT2D eigenvalue weighted by atomic mass is 10.1. The number of ether oxygens (including phenoxy) is 1. The smallest absolute Gasteiger partial charge is 0.153 e. The third-order valence-electron chi connectivity index (χ3n) is 2.79. The Bertz CT molecular complexity index is 576. The van der Waals surface area contributed by atoms with E-state index in [2.05, 4.69) is 5.32 Å². The highest BCUT2D eigenvalue weighted by Crippen LogP contribution is 2.25. The summed E-state index contributed by atoms with van der Waals surface area (Å²) < 4.78 is 5.89. The Morgan fingerprint density at radius 3 is 2.42 bits per heavy atom. The predicted octanol–water partition coefficient (Wildman–Crippen LogP) is 3.38. The summed E-state index contributed by atoms with van der Waals surface area (Å²) in [7, 11) is 1.85. The summed E-state index contributed by atoms with van der Waals surface area (Å²) in [6.07, 6.45) is 0. The molecule has 3 heteroatoms. The van der Waals surface area contributed by atoms with Crippen LogP contribution in [-0.4, -0.2) is 12.2 Å². The van der Waals surface area contributed by atoms with E-state index >= 15 is 0 Å². The van der Waals surface area contributed by atoms with E-state index in [1.807, 2.05) is 50.4 Å². The van der Waals surface area contributed by atoms with Gasteiger partial charge in [-0.15, -0.1) is 0 Å². The van der Waals surface area contributed by atoms with Gasteiger partial charge >= 0.3 is 0 Å². The lowest BCUT2D eigenvalue weighted by Crippen LogP contribution is -2.09. The van der Waals surface area contributed by atoms with Crippen LogP contribution in [0.1, 0.15) is 12.5 Å². The van der Waals surface area contributed by atoms with Gasteiger partial charge in [-0.05, 0) is 19.1 Å². The van der Waals surface area contributed by atoms with Gasteiger partial charge in [0.25, 0.3) is 0 Å². The Balaban J connectivity index is 2.36. The van der Waals surface area contributed by atoms with Gasteiger partial charge in [-0.3, -0.25) is 0 Å². The number of hydrogen-bond donors (Lipinski definition) is 2. The van der Waals surface area contributed by atoms with Crippen LogP contribution in [0.2, 0.25) is 0 Å². The van der Waals surface area contributed by atoms with Crippen LogP contribution in [0.4, 0.5) is 0 Å². The lowest BCUT2D eigenvalue weighted by Gasteiger charge is -2.14. The molecule has 2 rings (SSSR count). The average molecular weight is 255 g/mol. The zero-order valence-electron chi connectivity index (χ0n) is 11.1. The maximum absolute atomic E-state index is 9.48. The molecule has 2 aromatic carbocycles. The highest BCUT2D eigenvalue weighted by molar-refractivity contribution is 5.64. The van der Waals surface area contributed by atoms with Gasteiger partial charge in [0.1, 0.15) is 11.5 Å². The summed E-state index contributed by atoms with van der Waals surface area (Å²) in [5, 5.41) is 12.6. The summed E-state index contributed by atoms with van der Waals surface area (Å²) >= 11 is 0. The van der Waals surface area contributed by atoms with Crippen molar-refractivity contribution >= 4 is 5.76 Å². The SMILES string of the molecule is CN/C(C)=C(/Oc1cccc(O)c1)c1ccccc1. The van der Waals surface area contributed by atoms with E-state index < -0.39 is 0 Å². The van der Waals surface area contributed by atoms with Crippen molar-refractivity contribution in [3.05, 3.63) is 65.9 Å². The third-order valence-corrected chi connectivity index (χ3v) is 2.79. The largest absolute Gasteiger partial charge is 0.508 e. The fourth-order valence-corrected chi connectivity index (χ4v) is 1.72. The minimum absolute atomic E-state index is 0.187. The Labute approximate surface area is 113 Å². The van der Waals surface area contributed by atoms with Crippen LogP contribution >= 0.6 is 0 Å². The third kappa shape index (κ3) is 3.28. The van der Waals surface area contributed by atoms with Crippen LogP contribution in [-0.2, 0) is 0 Å². The molecule has 0 aromatic heterocycles. The number of phenolic OH excluding ortho intramolecular Hbond substituents is 1. The Morgan fingerprint density at radius 1 is 1.05 bits per heavy atom. The van der Waals surface area contributed by atoms with Crippen LogP contribution in [0.3, 0.4) is 0 Å². The fraction of sp³-hybridized carbons (Fsp3) is 0.125. The molecule has 0 aliphatic carbocycles.